The molecule has 0 fully saturated rings. The van der Waals surface area contributed by atoms with Crippen molar-refractivity contribution < 1.29 is 14.3 Å². The molecule has 0 radical (unpaired) electrons. The van der Waals surface area contributed by atoms with Crippen LogP contribution in [0.25, 0.3) is 0 Å². The second-order valence-corrected chi connectivity index (χ2v) is 6.48. The van der Waals surface area contributed by atoms with Crippen LogP contribution in [0.5, 0.6) is 0 Å². The van der Waals surface area contributed by atoms with Crippen LogP contribution in [0.2, 0.25) is 0 Å². The molecule has 0 aliphatic rings. The Morgan fingerprint density at radius 1 is 1.25 bits per heavy atom. The number of pyridine rings is 1. The molecule has 0 atom stereocenters. The Bertz CT molecular complexity index is 955. The molecule has 28 heavy (non-hydrogen) atoms. The van der Waals surface area contributed by atoms with E-state index in [2.05, 4.69) is 4.74 Å². The van der Waals surface area contributed by atoms with Crippen molar-refractivity contribution in [3.8, 4) is 6.07 Å². The van der Waals surface area contributed by atoms with Crippen molar-refractivity contribution in [1.29, 1.82) is 5.26 Å². The highest BCUT2D eigenvalue weighted by Crippen LogP contribution is 2.09. The van der Waals surface area contributed by atoms with E-state index in [0.717, 1.165) is 22.1 Å². The average molecular weight is 381 g/mol. The van der Waals surface area contributed by atoms with E-state index in [9.17, 15) is 14.4 Å². The first-order chi connectivity index (χ1) is 13.4. The van der Waals surface area contributed by atoms with Crippen LogP contribution in [0.3, 0.4) is 0 Å². The summed E-state index contributed by atoms with van der Waals surface area (Å²) in [6, 6.07) is 10.8. The van der Waals surface area contributed by atoms with Crippen LogP contribution < -0.4 is 5.56 Å². The molecule has 2 aromatic rings. The molecule has 0 unspecified atom stereocenters. The predicted molar refractivity (Wildman–Crippen MR) is 104 cm³/mol. The number of hydrogen-bond acceptors (Lipinski definition) is 5. The van der Waals surface area contributed by atoms with E-state index in [1.807, 2.05) is 38.1 Å². The molecule has 0 saturated carbocycles. The Balaban J connectivity index is 2.29. The van der Waals surface area contributed by atoms with Gasteiger partial charge < -0.3 is 14.2 Å². The highest BCUT2D eigenvalue weighted by atomic mass is 16.5. The van der Waals surface area contributed by atoms with Gasteiger partial charge in [0.1, 0.15) is 18.2 Å². The molecule has 0 bridgehead atoms. The predicted octanol–water partition coefficient (Wildman–Crippen LogP) is 2.25. The summed E-state index contributed by atoms with van der Waals surface area (Å²) < 4.78 is 5.74. The summed E-state index contributed by atoms with van der Waals surface area (Å²) in [6.07, 6.45) is 2.01. The number of carbonyl (C=O) groups excluding carboxylic acids is 2. The van der Waals surface area contributed by atoms with Crippen LogP contribution in [0.15, 0.2) is 41.3 Å². The van der Waals surface area contributed by atoms with Gasteiger partial charge in [0, 0.05) is 19.3 Å². The minimum Gasteiger partial charge on any atom is -0.465 e. The van der Waals surface area contributed by atoms with Gasteiger partial charge in [0.05, 0.1) is 12.7 Å². The van der Waals surface area contributed by atoms with Crippen LogP contribution in [0, 0.1) is 18.3 Å². The molecule has 0 N–H and O–H groups in total. The van der Waals surface area contributed by atoms with Crippen LogP contribution >= 0.6 is 0 Å². The molecule has 1 aromatic carbocycles. The van der Waals surface area contributed by atoms with Gasteiger partial charge in [-0.1, -0.05) is 36.8 Å². The molecule has 1 aromatic heterocycles. The smallest absolute Gasteiger partial charge is 0.339 e. The van der Waals surface area contributed by atoms with Gasteiger partial charge in [-0.15, -0.1) is 0 Å². The number of hydrogen-bond donors (Lipinski definition) is 0. The van der Waals surface area contributed by atoms with E-state index in [-0.39, 0.29) is 23.6 Å². The zero-order chi connectivity index (χ0) is 20.7. The number of ether oxygens (including phenoxy) is 1. The van der Waals surface area contributed by atoms with E-state index in [1.165, 1.54) is 19.4 Å². The molecule has 7 heteroatoms. The van der Waals surface area contributed by atoms with Crippen LogP contribution in [0.4, 0.5) is 0 Å². The lowest BCUT2D eigenvalue weighted by molar-refractivity contribution is -0.132. The fraction of sp³-hybridized carbons (Fsp3) is 0.333. The number of nitriles is 1. The Kier molecular flexibility index (Phi) is 7.10. The van der Waals surface area contributed by atoms with E-state index in [1.54, 1.807) is 11.0 Å². The fourth-order valence-corrected chi connectivity index (χ4v) is 2.78. The minimum atomic E-state index is -0.678. The molecule has 0 aliphatic carbocycles. The van der Waals surface area contributed by atoms with E-state index >= 15 is 0 Å². The highest BCUT2D eigenvalue weighted by Gasteiger charge is 2.18. The Labute approximate surface area is 163 Å². The third-order valence-electron chi connectivity index (χ3n) is 4.27. The summed E-state index contributed by atoms with van der Waals surface area (Å²) in [6.45, 7) is 4.65. The van der Waals surface area contributed by atoms with E-state index in [0.29, 0.717) is 13.1 Å². The quantitative estimate of drug-likeness (QED) is 0.686. The maximum absolute atomic E-state index is 12.8. The number of benzene rings is 1. The van der Waals surface area contributed by atoms with Gasteiger partial charge in [0.15, 0.2) is 0 Å². The lowest BCUT2D eigenvalue weighted by Gasteiger charge is -2.23. The lowest BCUT2D eigenvalue weighted by atomic mass is 10.1. The largest absolute Gasteiger partial charge is 0.465 e. The number of esters is 1. The minimum absolute atomic E-state index is 0.0482. The third-order valence-corrected chi connectivity index (χ3v) is 4.27. The molecule has 146 valence electrons. The number of nitrogens with zero attached hydrogens (tertiary/aromatic N) is 3. The van der Waals surface area contributed by atoms with Gasteiger partial charge in [-0.3, -0.25) is 9.59 Å². The van der Waals surface area contributed by atoms with Crippen LogP contribution in [-0.2, 0) is 22.6 Å². The summed E-state index contributed by atoms with van der Waals surface area (Å²) in [5.41, 5.74) is 1.34. The van der Waals surface area contributed by atoms with Gasteiger partial charge in [0.2, 0.25) is 5.91 Å². The SMILES string of the molecule is CCCN(Cc1ccc(C)cc1)C(=O)Cn1cc(C(=O)OC)cc(C#N)c1=O. The van der Waals surface area contributed by atoms with Gasteiger partial charge >= 0.3 is 5.97 Å². The number of carbonyl (C=O) groups is 2. The number of methoxy groups -OCH3 is 1. The van der Waals surface area contributed by atoms with Crippen molar-refractivity contribution in [2.45, 2.75) is 33.4 Å². The number of rotatable bonds is 7. The van der Waals surface area contributed by atoms with Crippen molar-refractivity contribution in [3.63, 3.8) is 0 Å². The summed E-state index contributed by atoms with van der Waals surface area (Å²) in [4.78, 5) is 38.7. The molecule has 1 heterocycles. The zero-order valence-electron chi connectivity index (χ0n) is 16.3. The monoisotopic (exact) mass is 381 g/mol. The van der Waals surface area contributed by atoms with Gasteiger partial charge in [-0.05, 0) is 25.0 Å². The topological polar surface area (TPSA) is 92.4 Å². The average Bonchev–Trinajstić information content (AvgIpc) is 2.70. The normalized spacial score (nSPS) is 10.2. The van der Waals surface area contributed by atoms with Crippen molar-refractivity contribution in [1.82, 2.24) is 9.47 Å². The van der Waals surface area contributed by atoms with Crippen molar-refractivity contribution in [3.05, 3.63) is 69.1 Å². The van der Waals surface area contributed by atoms with Gasteiger partial charge in [-0.25, -0.2) is 4.79 Å². The maximum Gasteiger partial charge on any atom is 0.339 e. The van der Waals surface area contributed by atoms with Gasteiger partial charge in [-0.2, -0.15) is 5.26 Å². The molecule has 0 spiro atoms. The zero-order valence-corrected chi connectivity index (χ0v) is 16.3. The first kappa shape index (κ1) is 20.9. The number of amides is 1. The molecular formula is C21H23N3O4. The third kappa shape index (κ3) is 5.07. The first-order valence-electron chi connectivity index (χ1n) is 8.95. The lowest BCUT2D eigenvalue weighted by Crippen LogP contribution is -2.37. The summed E-state index contributed by atoms with van der Waals surface area (Å²) in [5.74, 6) is -0.946. The fourth-order valence-electron chi connectivity index (χ4n) is 2.78. The Hall–Kier alpha value is -3.40. The molecule has 0 saturated heterocycles. The van der Waals surface area contributed by atoms with E-state index < -0.39 is 11.5 Å². The number of aryl methyl sites for hydroxylation is 1. The molecule has 1 amide bonds. The Morgan fingerprint density at radius 2 is 1.93 bits per heavy atom. The van der Waals surface area contributed by atoms with Crippen molar-refractivity contribution in [2.24, 2.45) is 0 Å². The first-order valence-corrected chi connectivity index (χ1v) is 8.95. The molecule has 7 nitrogen and oxygen atoms in total. The standard InChI is InChI=1S/C21H23N3O4/c1-4-9-23(12-16-7-5-15(2)6-8-16)19(25)14-24-13-18(21(27)28-3)10-17(11-22)20(24)26/h5-8,10,13H,4,9,12,14H2,1-3H3. The van der Waals surface area contributed by atoms with E-state index in [4.69, 9.17) is 5.26 Å². The molecular weight excluding hydrogens is 358 g/mol. The highest BCUT2D eigenvalue weighted by molar-refractivity contribution is 5.89. The molecule has 0 aliphatic heterocycles. The molecule has 2 rings (SSSR count). The van der Waals surface area contributed by atoms with Crippen LogP contribution in [0.1, 0.15) is 40.4 Å². The number of aromatic nitrogens is 1. The maximum atomic E-state index is 12.8. The Morgan fingerprint density at radius 3 is 2.50 bits per heavy atom. The summed E-state index contributed by atoms with van der Waals surface area (Å²) in [5, 5.41) is 9.16. The second-order valence-electron chi connectivity index (χ2n) is 6.48. The van der Waals surface area contributed by atoms with Crippen molar-refractivity contribution in [2.75, 3.05) is 13.7 Å². The summed E-state index contributed by atoms with van der Waals surface area (Å²) in [7, 11) is 1.21. The summed E-state index contributed by atoms with van der Waals surface area (Å²) >= 11 is 0. The van der Waals surface area contributed by atoms with Crippen LogP contribution in [-0.4, -0.2) is 35.0 Å². The van der Waals surface area contributed by atoms with Crippen molar-refractivity contribution >= 4 is 11.9 Å². The van der Waals surface area contributed by atoms with Gasteiger partial charge in [0.25, 0.3) is 5.56 Å². The second kappa shape index (κ2) is 9.51.